The lowest BCUT2D eigenvalue weighted by Crippen LogP contribution is -2.26. The van der Waals surface area contributed by atoms with Crippen molar-refractivity contribution in [3.05, 3.63) is 35.4 Å². The van der Waals surface area contributed by atoms with Crippen LogP contribution in [0.15, 0.2) is 24.3 Å². The highest BCUT2D eigenvalue weighted by atomic mass is 19.4. The van der Waals surface area contributed by atoms with E-state index in [2.05, 4.69) is 17.4 Å². The van der Waals surface area contributed by atoms with Crippen LogP contribution in [-0.2, 0) is 6.42 Å². The number of hydrogen-bond acceptors (Lipinski definition) is 1. The lowest BCUT2D eigenvalue weighted by molar-refractivity contribution is -0.135. The van der Waals surface area contributed by atoms with Gasteiger partial charge in [0.1, 0.15) is 0 Å². The van der Waals surface area contributed by atoms with Gasteiger partial charge in [-0.1, -0.05) is 24.3 Å². The molecule has 0 spiro atoms. The van der Waals surface area contributed by atoms with Crippen molar-refractivity contribution in [2.24, 2.45) is 0 Å². The van der Waals surface area contributed by atoms with E-state index >= 15 is 0 Å². The summed E-state index contributed by atoms with van der Waals surface area (Å²) in [5.41, 5.74) is 2.70. The molecule has 1 aromatic rings. The van der Waals surface area contributed by atoms with E-state index in [4.69, 9.17) is 0 Å². The monoisotopic (exact) mass is 271 g/mol. The molecule has 1 unspecified atom stereocenters. The van der Waals surface area contributed by atoms with Gasteiger partial charge in [-0.05, 0) is 49.8 Å². The maximum absolute atomic E-state index is 12.0. The van der Waals surface area contributed by atoms with Gasteiger partial charge in [-0.3, -0.25) is 0 Å². The van der Waals surface area contributed by atoms with Crippen LogP contribution in [0.5, 0.6) is 0 Å². The number of rotatable bonds is 5. The molecule has 0 aromatic heterocycles. The molecule has 0 heterocycles. The van der Waals surface area contributed by atoms with E-state index < -0.39 is 12.6 Å². The first-order valence-electron chi connectivity index (χ1n) is 6.94. The third kappa shape index (κ3) is 4.53. The summed E-state index contributed by atoms with van der Waals surface area (Å²) in [6.07, 6.45) is -0.549. The highest BCUT2D eigenvalue weighted by molar-refractivity contribution is 5.32. The van der Waals surface area contributed by atoms with Crippen molar-refractivity contribution in [1.29, 1.82) is 0 Å². The second-order valence-corrected chi connectivity index (χ2v) is 5.17. The van der Waals surface area contributed by atoms with Gasteiger partial charge >= 0.3 is 6.18 Å². The number of halogens is 3. The van der Waals surface area contributed by atoms with Crippen molar-refractivity contribution in [2.45, 2.75) is 50.7 Å². The SMILES string of the molecule is FC(F)(F)CCCCNC1CCCc2ccccc21. The fourth-order valence-corrected chi connectivity index (χ4v) is 2.69. The van der Waals surface area contributed by atoms with Crippen LogP contribution in [0, 0.1) is 0 Å². The minimum Gasteiger partial charge on any atom is -0.310 e. The van der Waals surface area contributed by atoms with Crippen molar-refractivity contribution >= 4 is 0 Å². The molecule has 0 saturated carbocycles. The molecule has 0 saturated heterocycles. The van der Waals surface area contributed by atoms with Crippen molar-refractivity contribution < 1.29 is 13.2 Å². The molecule has 1 N–H and O–H groups in total. The first-order chi connectivity index (χ1) is 9.06. The Morgan fingerprint density at radius 1 is 1.16 bits per heavy atom. The van der Waals surface area contributed by atoms with E-state index in [1.54, 1.807) is 0 Å². The van der Waals surface area contributed by atoms with Crippen LogP contribution in [0.25, 0.3) is 0 Å². The molecule has 1 aliphatic carbocycles. The molecule has 1 atom stereocenters. The first-order valence-corrected chi connectivity index (χ1v) is 6.94. The van der Waals surface area contributed by atoms with Crippen LogP contribution in [0.2, 0.25) is 0 Å². The van der Waals surface area contributed by atoms with E-state index in [9.17, 15) is 13.2 Å². The number of benzene rings is 1. The zero-order valence-electron chi connectivity index (χ0n) is 11.0. The second kappa shape index (κ2) is 6.42. The van der Waals surface area contributed by atoms with Gasteiger partial charge in [0.05, 0.1) is 0 Å². The molecule has 4 heteroatoms. The minimum absolute atomic E-state index is 0.213. The Hall–Kier alpha value is -1.03. The number of fused-ring (bicyclic) bond motifs is 1. The molecule has 0 radical (unpaired) electrons. The average Bonchev–Trinajstić information content (AvgIpc) is 2.37. The van der Waals surface area contributed by atoms with Gasteiger partial charge in [0.15, 0.2) is 0 Å². The van der Waals surface area contributed by atoms with Gasteiger partial charge in [0.25, 0.3) is 0 Å². The van der Waals surface area contributed by atoms with Gasteiger partial charge in [-0.25, -0.2) is 0 Å². The molecule has 0 fully saturated rings. The predicted molar refractivity (Wildman–Crippen MR) is 70.0 cm³/mol. The van der Waals surface area contributed by atoms with Crippen molar-refractivity contribution in [2.75, 3.05) is 6.54 Å². The molecule has 1 aromatic carbocycles. The van der Waals surface area contributed by atoms with Gasteiger partial charge in [0.2, 0.25) is 0 Å². The Kier molecular flexibility index (Phi) is 4.86. The molecule has 2 rings (SSSR count). The second-order valence-electron chi connectivity index (χ2n) is 5.17. The Labute approximate surface area is 112 Å². The Morgan fingerprint density at radius 3 is 2.74 bits per heavy atom. The Bertz CT molecular complexity index is 401. The molecule has 1 aliphatic rings. The molecule has 106 valence electrons. The van der Waals surface area contributed by atoms with Crippen LogP contribution >= 0.6 is 0 Å². The molecule has 19 heavy (non-hydrogen) atoms. The molecule has 0 amide bonds. The molecule has 0 aliphatic heterocycles. The first kappa shape index (κ1) is 14.4. The number of unbranched alkanes of at least 4 members (excludes halogenated alkanes) is 1. The highest BCUT2D eigenvalue weighted by Gasteiger charge is 2.26. The van der Waals surface area contributed by atoms with Crippen LogP contribution < -0.4 is 5.32 Å². The number of hydrogen-bond donors (Lipinski definition) is 1. The van der Waals surface area contributed by atoms with E-state index in [1.165, 1.54) is 11.1 Å². The van der Waals surface area contributed by atoms with E-state index in [-0.39, 0.29) is 6.42 Å². The molecule has 0 bridgehead atoms. The lowest BCUT2D eigenvalue weighted by Gasteiger charge is -2.26. The van der Waals surface area contributed by atoms with Gasteiger partial charge in [-0.2, -0.15) is 13.2 Å². The Balaban J connectivity index is 1.75. The van der Waals surface area contributed by atoms with Crippen molar-refractivity contribution in [3.8, 4) is 0 Å². The number of alkyl halides is 3. The third-order valence-corrected chi connectivity index (χ3v) is 3.65. The largest absolute Gasteiger partial charge is 0.389 e. The predicted octanol–water partition coefficient (Wildman–Crippen LogP) is 4.39. The standard InChI is InChI=1S/C15H20F3N/c16-15(17,18)10-3-4-11-19-14-9-5-7-12-6-1-2-8-13(12)14/h1-2,6,8,14,19H,3-5,7,9-11H2. The maximum atomic E-state index is 12.0. The third-order valence-electron chi connectivity index (χ3n) is 3.65. The average molecular weight is 271 g/mol. The van der Waals surface area contributed by atoms with Crippen molar-refractivity contribution in [1.82, 2.24) is 5.32 Å². The fraction of sp³-hybridized carbons (Fsp3) is 0.600. The van der Waals surface area contributed by atoms with E-state index in [0.717, 1.165) is 19.3 Å². The smallest absolute Gasteiger partial charge is 0.310 e. The summed E-state index contributed by atoms with van der Waals surface area (Å²) in [5, 5.41) is 3.40. The Morgan fingerprint density at radius 2 is 1.95 bits per heavy atom. The van der Waals surface area contributed by atoms with Gasteiger partial charge in [-0.15, -0.1) is 0 Å². The number of aryl methyl sites for hydroxylation is 1. The summed E-state index contributed by atoms with van der Waals surface area (Å²) in [6.45, 7) is 0.662. The minimum atomic E-state index is -4.02. The lowest BCUT2D eigenvalue weighted by atomic mass is 9.88. The van der Waals surface area contributed by atoms with Crippen LogP contribution in [0.3, 0.4) is 0 Å². The topological polar surface area (TPSA) is 12.0 Å². The maximum Gasteiger partial charge on any atom is 0.389 e. The van der Waals surface area contributed by atoms with Crippen LogP contribution in [0.1, 0.15) is 49.3 Å². The van der Waals surface area contributed by atoms with Crippen LogP contribution in [0.4, 0.5) is 13.2 Å². The van der Waals surface area contributed by atoms with E-state index in [1.807, 2.05) is 12.1 Å². The summed E-state index contributed by atoms with van der Waals surface area (Å²) in [6, 6.07) is 8.66. The summed E-state index contributed by atoms with van der Waals surface area (Å²) in [5.74, 6) is 0. The van der Waals surface area contributed by atoms with Crippen LogP contribution in [-0.4, -0.2) is 12.7 Å². The van der Waals surface area contributed by atoms with Gasteiger partial charge in [0, 0.05) is 12.5 Å². The highest BCUT2D eigenvalue weighted by Crippen LogP contribution is 2.29. The van der Waals surface area contributed by atoms with E-state index in [0.29, 0.717) is 19.0 Å². The zero-order chi connectivity index (χ0) is 13.7. The fourth-order valence-electron chi connectivity index (χ4n) is 2.69. The molecule has 1 nitrogen and oxygen atoms in total. The summed E-state index contributed by atoms with van der Waals surface area (Å²) < 4.78 is 36.0. The van der Waals surface area contributed by atoms with Gasteiger partial charge < -0.3 is 5.32 Å². The number of nitrogens with one attached hydrogen (secondary N) is 1. The summed E-state index contributed by atoms with van der Waals surface area (Å²) >= 11 is 0. The normalized spacial score (nSPS) is 19.2. The summed E-state index contributed by atoms with van der Waals surface area (Å²) in [4.78, 5) is 0. The molecular weight excluding hydrogens is 251 g/mol. The molecular formula is C15H20F3N. The quantitative estimate of drug-likeness (QED) is 0.783. The zero-order valence-corrected chi connectivity index (χ0v) is 11.0. The summed E-state index contributed by atoms with van der Waals surface area (Å²) in [7, 11) is 0. The van der Waals surface area contributed by atoms with Crippen molar-refractivity contribution in [3.63, 3.8) is 0 Å².